The van der Waals surface area contributed by atoms with Crippen molar-refractivity contribution in [1.29, 1.82) is 0 Å². The normalized spacial score (nSPS) is 15.1. The maximum Gasteiger partial charge on any atom is 0.265 e. The van der Waals surface area contributed by atoms with E-state index in [0.29, 0.717) is 5.56 Å². The predicted molar refractivity (Wildman–Crippen MR) is 112 cm³/mol. The molecule has 5 rings (SSSR count). The zero-order valence-electron chi connectivity index (χ0n) is 15.6. The number of hydrazine groups is 1. The van der Waals surface area contributed by atoms with Crippen LogP contribution in [0.25, 0.3) is 33.2 Å². The van der Waals surface area contributed by atoms with Crippen LogP contribution in [0.15, 0.2) is 60.7 Å². The molecule has 3 aromatic carbocycles. The summed E-state index contributed by atoms with van der Waals surface area (Å²) < 4.78 is 0. The van der Waals surface area contributed by atoms with Gasteiger partial charge in [0.2, 0.25) is 0 Å². The number of carbonyl (C=O) groups excluding carboxylic acids is 1. The first kappa shape index (κ1) is 17.0. The van der Waals surface area contributed by atoms with Crippen molar-refractivity contribution in [2.24, 2.45) is 0 Å². The molecule has 1 aliphatic heterocycles. The van der Waals surface area contributed by atoms with Crippen molar-refractivity contribution in [1.82, 2.24) is 20.4 Å². The van der Waals surface area contributed by atoms with Crippen molar-refractivity contribution < 1.29 is 4.79 Å². The van der Waals surface area contributed by atoms with E-state index in [0.717, 1.165) is 48.4 Å². The van der Waals surface area contributed by atoms with Gasteiger partial charge in [-0.2, -0.15) is 0 Å². The van der Waals surface area contributed by atoms with Gasteiger partial charge in [0, 0.05) is 24.2 Å². The van der Waals surface area contributed by atoms with Crippen LogP contribution in [-0.4, -0.2) is 34.0 Å². The van der Waals surface area contributed by atoms with Crippen molar-refractivity contribution in [3.05, 3.63) is 66.2 Å². The predicted octanol–water partition coefficient (Wildman–Crippen LogP) is 4.51. The maximum atomic E-state index is 12.5. The van der Waals surface area contributed by atoms with Gasteiger partial charge in [-0.05, 0) is 47.9 Å². The van der Waals surface area contributed by atoms with E-state index in [1.165, 1.54) is 17.2 Å². The first-order valence-corrected chi connectivity index (χ1v) is 9.81. The summed E-state index contributed by atoms with van der Waals surface area (Å²) in [7, 11) is 0. The number of nitrogens with one attached hydrogen (secondary N) is 2. The second-order valence-electron chi connectivity index (χ2n) is 7.37. The van der Waals surface area contributed by atoms with E-state index in [4.69, 9.17) is 4.98 Å². The summed E-state index contributed by atoms with van der Waals surface area (Å²) in [6, 6.07) is 20.1. The van der Waals surface area contributed by atoms with Crippen LogP contribution in [-0.2, 0) is 0 Å². The number of fused-ring (bicyclic) bond motifs is 2. The highest BCUT2D eigenvalue weighted by atomic mass is 16.2. The SMILES string of the molecule is O=C(NN1CCCCC1)c1ccc(-c2nc3cc4ccccc4cc3[nH]2)cc1. The fraction of sp³-hybridized carbons (Fsp3) is 0.217. The number of hydrogen-bond donors (Lipinski definition) is 2. The highest BCUT2D eigenvalue weighted by Gasteiger charge is 2.14. The Morgan fingerprint density at radius 3 is 2.39 bits per heavy atom. The smallest absolute Gasteiger partial charge is 0.265 e. The van der Waals surface area contributed by atoms with Gasteiger partial charge in [-0.1, -0.05) is 42.8 Å². The van der Waals surface area contributed by atoms with Gasteiger partial charge in [-0.25, -0.2) is 9.99 Å². The zero-order valence-corrected chi connectivity index (χ0v) is 15.6. The molecule has 0 spiro atoms. The third kappa shape index (κ3) is 3.25. The quantitative estimate of drug-likeness (QED) is 0.558. The number of H-pyrrole nitrogens is 1. The van der Waals surface area contributed by atoms with Crippen LogP contribution >= 0.6 is 0 Å². The molecule has 28 heavy (non-hydrogen) atoms. The summed E-state index contributed by atoms with van der Waals surface area (Å²) >= 11 is 0. The van der Waals surface area contributed by atoms with Crippen LogP contribution < -0.4 is 5.43 Å². The molecule has 1 saturated heterocycles. The number of aromatic nitrogens is 2. The number of benzene rings is 3. The Hall–Kier alpha value is -3.18. The average Bonchev–Trinajstić information content (AvgIpc) is 3.15. The number of aromatic amines is 1. The second-order valence-corrected chi connectivity index (χ2v) is 7.37. The Balaban J connectivity index is 1.39. The fourth-order valence-electron chi connectivity index (χ4n) is 3.83. The van der Waals surface area contributed by atoms with Gasteiger partial charge in [0.05, 0.1) is 11.0 Å². The molecule has 0 saturated carbocycles. The number of piperidine rings is 1. The number of hydrogen-bond acceptors (Lipinski definition) is 3. The van der Waals surface area contributed by atoms with E-state index in [1.807, 2.05) is 41.4 Å². The van der Waals surface area contributed by atoms with Crippen LogP contribution in [0.4, 0.5) is 0 Å². The van der Waals surface area contributed by atoms with Gasteiger partial charge in [0.25, 0.3) is 5.91 Å². The Bertz CT molecular complexity index is 1090. The monoisotopic (exact) mass is 370 g/mol. The van der Waals surface area contributed by atoms with Crippen LogP contribution in [0.5, 0.6) is 0 Å². The molecule has 1 amide bonds. The minimum Gasteiger partial charge on any atom is -0.338 e. The molecule has 140 valence electrons. The van der Waals surface area contributed by atoms with Crippen molar-refractivity contribution in [2.45, 2.75) is 19.3 Å². The highest BCUT2D eigenvalue weighted by molar-refractivity contribution is 5.96. The summed E-state index contributed by atoms with van der Waals surface area (Å²) in [6.45, 7) is 1.86. The van der Waals surface area contributed by atoms with Gasteiger partial charge in [0.15, 0.2) is 0 Å². The highest BCUT2D eigenvalue weighted by Crippen LogP contribution is 2.25. The molecule has 0 aliphatic carbocycles. The largest absolute Gasteiger partial charge is 0.338 e. The molecular formula is C23H22N4O. The minimum atomic E-state index is -0.0516. The molecule has 2 N–H and O–H groups in total. The number of imidazole rings is 1. The lowest BCUT2D eigenvalue weighted by Gasteiger charge is -2.26. The van der Waals surface area contributed by atoms with Crippen molar-refractivity contribution in [2.75, 3.05) is 13.1 Å². The first-order chi connectivity index (χ1) is 13.8. The number of rotatable bonds is 3. The lowest BCUT2D eigenvalue weighted by molar-refractivity contribution is 0.0750. The van der Waals surface area contributed by atoms with Crippen molar-refractivity contribution in [3.63, 3.8) is 0 Å². The van der Waals surface area contributed by atoms with Crippen LogP contribution in [0.2, 0.25) is 0 Å². The third-order valence-electron chi connectivity index (χ3n) is 5.39. The molecule has 5 heteroatoms. The Morgan fingerprint density at radius 2 is 1.64 bits per heavy atom. The maximum absolute atomic E-state index is 12.5. The Morgan fingerprint density at radius 1 is 0.929 bits per heavy atom. The standard InChI is InChI=1S/C23H22N4O/c28-23(26-27-12-4-1-5-13-27)17-10-8-16(9-11-17)22-24-20-14-18-6-2-3-7-19(18)15-21(20)25-22/h2-3,6-11,14-15H,1,4-5,12-13H2,(H,24,25)(H,26,28). The minimum absolute atomic E-state index is 0.0516. The summed E-state index contributed by atoms with van der Waals surface area (Å²) in [5, 5.41) is 4.39. The topological polar surface area (TPSA) is 61.0 Å². The number of carbonyl (C=O) groups is 1. The summed E-state index contributed by atoms with van der Waals surface area (Å²) in [5.41, 5.74) is 6.60. The van der Waals surface area contributed by atoms with Gasteiger partial charge < -0.3 is 4.98 Å². The molecule has 5 nitrogen and oxygen atoms in total. The average molecular weight is 370 g/mol. The lowest BCUT2D eigenvalue weighted by atomic mass is 10.1. The molecule has 2 heterocycles. The molecule has 1 aromatic heterocycles. The molecule has 1 aliphatic rings. The van der Waals surface area contributed by atoms with E-state index in [-0.39, 0.29) is 5.91 Å². The van der Waals surface area contributed by atoms with Gasteiger partial charge in [0.1, 0.15) is 5.82 Å². The van der Waals surface area contributed by atoms with E-state index in [1.54, 1.807) is 0 Å². The Labute approximate surface area is 163 Å². The van der Waals surface area contributed by atoms with E-state index in [2.05, 4.69) is 34.7 Å². The van der Waals surface area contributed by atoms with E-state index < -0.39 is 0 Å². The molecule has 0 atom stereocenters. The van der Waals surface area contributed by atoms with Crippen LogP contribution in [0.3, 0.4) is 0 Å². The Kier molecular flexibility index (Phi) is 4.29. The zero-order chi connectivity index (χ0) is 18.9. The molecule has 4 aromatic rings. The van der Waals surface area contributed by atoms with Gasteiger partial charge in [-0.15, -0.1) is 0 Å². The molecule has 1 fully saturated rings. The molecule has 0 unspecified atom stereocenters. The number of nitrogens with zero attached hydrogens (tertiary/aromatic N) is 2. The number of amides is 1. The van der Waals surface area contributed by atoms with Crippen molar-refractivity contribution >= 4 is 27.7 Å². The van der Waals surface area contributed by atoms with Gasteiger partial charge >= 0.3 is 0 Å². The van der Waals surface area contributed by atoms with Crippen LogP contribution in [0, 0.1) is 0 Å². The molecule has 0 bridgehead atoms. The summed E-state index contributed by atoms with van der Waals surface area (Å²) in [4.78, 5) is 20.6. The van der Waals surface area contributed by atoms with E-state index >= 15 is 0 Å². The fourth-order valence-corrected chi connectivity index (χ4v) is 3.83. The van der Waals surface area contributed by atoms with Gasteiger partial charge in [-0.3, -0.25) is 10.2 Å². The van der Waals surface area contributed by atoms with E-state index in [9.17, 15) is 4.79 Å². The first-order valence-electron chi connectivity index (χ1n) is 9.81. The summed E-state index contributed by atoms with van der Waals surface area (Å²) in [5.74, 6) is 0.762. The van der Waals surface area contributed by atoms with Crippen molar-refractivity contribution in [3.8, 4) is 11.4 Å². The lowest BCUT2D eigenvalue weighted by Crippen LogP contribution is -2.45. The molecule has 0 radical (unpaired) electrons. The second kappa shape index (κ2) is 7.09. The molecular weight excluding hydrogens is 348 g/mol. The third-order valence-corrected chi connectivity index (χ3v) is 5.39. The van der Waals surface area contributed by atoms with Crippen LogP contribution in [0.1, 0.15) is 29.6 Å². The summed E-state index contributed by atoms with van der Waals surface area (Å²) in [6.07, 6.45) is 3.52.